The summed E-state index contributed by atoms with van der Waals surface area (Å²) in [5, 5.41) is 3.40. The topological polar surface area (TPSA) is 47.6 Å². The number of benzene rings is 2. The Bertz CT molecular complexity index is 611. The Morgan fingerprint density at radius 1 is 1.00 bits per heavy atom. The maximum atomic E-state index is 11.9. The van der Waals surface area contributed by atoms with Gasteiger partial charge >= 0.3 is 0 Å². The molecule has 0 bridgehead atoms. The smallest absolute Gasteiger partial charge is 0.262 e. The van der Waals surface area contributed by atoms with E-state index >= 15 is 0 Å². The highest BCUT2D eigenvalue weighted by atomic mass is 35.5. The SMILES string of the molecule is CCCCOc1ccc(NC(=O)COc2ccc(Cl)cc2)cc1. The number of nitrogens with one attached hydrogen (secondary N) is 1. The quantitative estimate of drug-likeness (QED) is 0.722. The molecule has 0 aliphatic heterocycles. The van der Waals surface area contributed by atoms with Crippen molar-refractivity contribution in [1.29, 1.82) is 0 Å². The van der Waals surface area contributed by atoms with Gasteiger partial charge in [-0.1, -0.05) is 24.9 Å². The second-order valence-corrected chi connectivity index (χ2v) is 5.45. The van der Waals surface area contributed by atoms with Gasteiger partial charge in [-0.2, -0.15) is 0 Å². The Balaban J connectivity index is 1.77. The van der Waals surface area contributed by atoms with Gasteiger partial charge in [0.15, 0.2) is 6.61 Å². The lowest BCUT2D eigenvalue weighted by atomic mass is 10.3. The summed E-state index contributed by atoms with van der Waals surface area (Å²) < 4.78 is 11.0. The molecule has 23 heavy (non-hydrogen) atoms. The molecule has 0 fully saturated rings. The fourth-order valence-electron chi connectivity index (χ4n) is 1.85. The molecule has 0 aliphatic rings. The van der Waals surface area contributed by atoms with Gasteiger partial charge in [0.2, 0.25) is 0 Å². The average Bonchev–Trinajstić information content (AvgIpc) is 2.56. The van der Waals surface area contributed by atoms with Crippen LogP contribution in [-0.2, 0) is 4.79 Å². The fraction of sp³-hybridized carbons (Fsp3) is 0.278. The van der Waals surface area contributed by atoms with E-state index in [4.69, 9.17) is 21.1 Å². The van der Waals surface area contributed by atoms with Gasteiger partial charge in [0, 0.05) is 10.7 Å². The highest BCUT2D eigenvalue weighted by Gasteiger charge is 2.04. The molecular weight excluding hydrogens is 314 g/mol. The molecule has 0 unspecified atom stereocenters. The first-order valence-corrected chi connectivity index (χ1v) is 7.96. The van der Waals surface area contributed by atoms with Crippen LogP contribution < -0.4 is 14.8 Å². The van der Waals surface area contributed by atoms with Crippen molar-refractivity contribution in [3.63, 3.8) is 0 Å². The third-order valence-electron chi connectivity index (χ3n) is 3.09. The summed E-state index contributed by atoms with van der Waals surface area (Å²) in [5.74, 6) is 1.18. The third-order valence-corrected chi connectivity index (χ3v) is 3.34. The molecule has 1 amide bonds. The second-order valence-electron chi connectivity index (χ2n) is 5.02. The van der Waals surface area contributed by atoms with Gasteiger partial charge in [0.05, 0.1) is 6.61 Å². The predicted octanol–water partition coefficient (Wildman–Crippen LogP) is 4.54. The molecule has 0 saturated heterocycles. The highest BCUT2D eigenvalue weighted by molar-refractivity contribution is 6.30. The summed E-state index contributed by atoms with van der Waals surface area (Å²) in [5.41, 5.74) is 0.706. The Morgan fingerprint density at radius 3 is 2.26 bits per heavy atom. The van der Waals surface area contributed by atoms with E-state index in [0.29, 0.717) is 23.1 Å². The van der Waals surface area contributed by atoms with E-state index < -0.39 is 0 Å². The monoisotopic (exact) mass is 333 g/mol. The van der Waals surface area contributed by atoms with Crippen LogP contribution in [0.2, 0.25) is 5.02 Å². The maximum absolute atomic E-state index is 11.9. The minimum absolute atomic E-state index is 0.0591. The first-order chi connectivity index (χ1) is 11.2. The summed E-state index contributed by atoms with van der Waals surface area (Å²) in [6, 6.07) is 14.2. The molecule has 0 spiro atoms. The zero-order valence-corrected chi connectivity index (χ0v) is 13.8. The van der Waals surface area contributed by atoms with Crippen LogP contribution in [0.25, 0.3) is 0 Å². The van der Waals surface area contributed by atoms with Gasteiger partial charge in [0.1, 0.15) is 11.5 Å². The van der Waals surface area contributed by atoms with Crippen molar-refractivity contribution in [2.24, 2.45) is 0 Å². The first-order valence-electron chi connectivity index (χ1n) is 7.58. The van der Waals surface area contributed by atoms with Gasteiger partial charge in [-0.3, -0.25) is 4.79 Å². The number of carbonyl (C=O) groups is 1. The van der Waals surface area contributed by atoms with Crippen LogP contribution in [0.15, 0.2) is 48.5 Å². The standard InChI is InChI=1S/C18H20ClNO3/c1-2-3-12-22-16-10-6-15(7-11-16)20-18(21)13-23-17-8-4-14(19)5-9-17/h4-11H,2-3,12-13H2,1H3,(H,20,21). The molecule has 0 atom stereocenters. The molecule has 4 nitrogen and oxygen atoms in total. The van der Waals surface area contributed by atoms with E-state index in [1.54, 1.807) is 24.3 Å². The molecular formula is C18H20ClNO3. The molecule has 0 saturated carbocycles. The summed E-state index contributed by atoms with van der Waals surface area (Å²) >= 11 is 5.79. The van der Waals surface area contributed by atoms with Crippen LogP contribution in [0.1, 0.15) is 19.8 Å². The van der Waals surface area contributed by atoms with Crippen molar-refractivity contribution in [1.82, 2.24) is 0 Å². The minimum atomic E-state index is -0.223. The number of unbranched alkanes of at least 4 members (excludes halogenated alkanes) is 1. The third kappa shape index (κ3) is 6.20. The number of amides is 1. The molecule has 0 radical (unpaired) electrons. The number of hydrogen-bond donors (Lipinski definition) is 1. The van der Waals surface area contributed by atoms with E-state index in [2.05, 4.69) is 12.2 Å². The van der Waals surface area contributed by atoms with Crippen molar-refractivity contribution in [2.75, 3.05) is 18.5 Å². The number of carbonyl (C=O) groups excluding carboxylic acids is 1. The van der Waals surface area contributed by atoms with E-state index in [1.165, 1.54) is 0 Å². The van der Waals surface area contributed by atoms with Crippen LogP contribution >= 0.6 is 11.6 Å². The van der Waals surface area contributed by atoms with Gasteiger partial charge in [0.25, 0.3) is 5.91 Å². The highest BCUT2D eigenvalue weighted by Crippen LogP contribution is 2.17. The molecule has 2 aromatic carbocycles. The first kappa shape index (κ1) is 17.2. The molecule has 1 N–H and O–H groups in total. The normalized spacial score (nSPS) is 10.2. The zero-order valence-electron chi connectivity index (χ0n) is 13.0. The molecule has 5 heteroatoms. The van der Waals surface area contributed by atoms with Gasteiger partial charge in [-0.25, -0.2) is 0 Å². The lowest BCUT2D eigenvalue weighted by Gasteiger charge is -2.09. The van der Waals surface area contributed by atoms with Gasteiger partial charge in [-0.15, -0.1) is 0 Å². The lowest BCUT2D eigenvalue weighted by molar-refractivity contribution is -0.118. The number of ether oxygens (including phenoxy) is 2. The van der Waals surface area contributed by atoms with E-state index in [0.717, 1.165) is 18.6 Å². The second kappa shape index (κ2) is 9.06. The summed E-state index contributed by atoms with van der Waals surface area (Å²) in [6.07, 6.45) is 2.13. The Kier molecular flexibility index (Phi) is 6.76. The van der Waals surface area contributed by atoms with Gasteiger partial charge in [-0.05, 0) is 55.0 Å². The number of halogens is 1. The Labute approximate surface area is 141 Å². The Hall–Kier alpha value is -2.20. The van der Waals surface area contributed by atoms with E-state index in [1.807, 2.05) is 24.3 Å². The maximum Gasteiger partial charge on any atom is 0.262 e. The molecule has 2 aromatic rings. The zero-order chi connectivity index (χ0) is 16.5. The van der Waals surface area contributed by atoms with Crippen molar-refractivity contribution in [3.05, 3.63) is 53.6 Å². The molecule has 0 heterocycles. The average molecular weight is 334 g/mol. The van der Waals surface area contributed by atoms with Crippen LogP contribution in [0, 0.1) is 0 Å². The number of rotatable bonds is 8. The van der Waals surface area contributed by atoms with Crippen LogP contribution in [0.4, 0.5) is 5.69 Å². The van der Waals surface area contributed by atoms with Crippen LogP contribution in [-0.4, -0.2) is 19.1 Å². The minimum Gasteiger partial charge on any atom is -0.494 e. The van der Waals surface area contributed by atoms with Crippen LogP contribution in [0.3, 0.4) is 0 Å². The summed E-state index contributed by atoms with van der Waals surface area (Å²) in [7, 11) is 0. The van der Waals surface area contributed by atoms with Crippen molar-refractivity contribution in [3.8, 4) is 11.5 Å². The van der Waals surface area contributed by atoms with Crippen molar-refractivity contribution < 1.29 is 14.3 Å². The summed E-state index contributed by atoms with van der Waals surface area (Å²) in [6.45, 7) is 2.77. The number of anilines is 1. The fourth-order valence-corrected chi connectivity index (χ4v) is 1.97. The molecule has 2 rings (SSSR count). The molecule has 0 aliphatic carbocycles. The van der Waals surface area contributed by atoms with Crippen molar-refractivity contribution >= 4 is 23.2 Å². The van der Waals surface area contributed by atoms with E-state index in [-0.39, 0.29) is 12.5 Å². The van der Waals surface area contributed by atoms with Crippen LogP contribution in [0.5, 0.6) is 11.5 Å². The van der Waals surface area contributed by atoms with Crippen molar-refractivity contribution in [2.45, 2.75) is 19.8 Å². The van der Waals surface area contributed by atoms with E-state index in [9.17, 15) is 4.79 Å². The predicted molar refractivity (Wildman–Crippen MR) is 92.4 cm³/mol. The number of hydrogen-bond acceptors (Lipinski definition) is 3. The van der Waals surface area contributed by atoms with Gasteiger partial charge < -0.3 is 14.8 Å². The largest absolute Gasteiger partial charge is 0.494 e. The Morgan fingerprint density at radius 2 is 1.61 bits per heavy atom. The molecule has 0 aromatic heterocycles. The summed E-state index contributed by atoms with van der Waals surface area (Å²) in [4.78, 5) is 11.9. The molecule has 122 valence electrons. The lowest BCUT2D eigenvalue weighted by Crippen LogP contribution is -2.20.